The number of nitrogens with one attached hydrogen (secondary N) is 1. The summed E-state index contributed by atoms with van der Waals surface area (Å²) >= 11 is 5.06. The molecule has 2 aromatic rings. The highest BCUT2D eigenvalue weighted by Crippen LogP contribution is 2.26. The average molecular weight is 358 g/mol. The van der Waals surface area contributed by atoms with Gasteiger partial charge < -0.3 is 10.1 Å². The molecule has 0 bridgehead atoms. The molecule has 2 nitrogen and oxygen atoms in total. The SMILES string of the molecule is CCNC(C)c1ccc(OCc2sccc2Br)cc1F. The van der Waals surface area contributed by atoms with Gasteiger partial charge in [0.15, 0.2) is 0 Å². The van der Waals surface area contributed by atoms with E-state index in [1.807, 2.05) is 31.4 Å². The summed E-state index contributed by atoms with van der Waals surface area (Å²) < 4.78 is 20.7. The van der Waals surface area contributed by atoms with E-state index in [0.717, 1.165) is 15.9 Å². The Kier molecular flexibility index (Phi) is 5.57. The van der Waals surface area contributed by atoms with E-state index in [1.54, 1.807) is 17.4 Å². The van der Waals surface area contributed by atoms with Crippen molar-refractivity contribution in [3.05, 3.63) is 50.4 Å². The highest BCUT2D eigenvalue weighted by molar-refractivity contribution is 9.10. The summed E-state index contributed by atoms with van der Waals surface area (Å²) in [6.45, 7) is 5.21. The first kappa shape index (κ1) is 15.5. The third kappa shape index (κ3) is 3.81. The van der Waals surface area contributed by atoms with E-state index in [2.05, 4.69) is 21.2 Å². The first-order chi connectivity index (χ1) is 9.61. The molecule has 5 heteroatoms. The van der Waals surface area contributed by atoms with Crippen LogP contribution in [0.4, 0.5) is 4.39 Å². The number of benzene rings is 1. The minimum Gasteiger partial charge on any atom is -0.488 e. The van der Waals surface area contributed by atoms with Gasteiger partial charge in [-0.05, 0) is 46.9 Å². The largest absolute Gasteiger partial charge is 0.488 e. The zero-order valence-electron chi connectivity index (χ0n) is 11.5. The standard InChI is InChI=1S/C15H17BrFNOS/c1-3-18-10(2)12-5-4-11(8-14(12)17)19-9-15-13(16)6-7-20-15/h4-8,10,18H,3,9H2,1-2H3. The van der Waals surface area contributed by atoms with Gasteiger partial charge in [-0.1, -0.05) is 13.0 Å². The molecular formula is C15H17BrFNOS. The third-order valence-electron chi connectivity index (χ3n) is 3.01. The molecule has 108 valence electrons. The summed E-state index contributed by atoms with van der Waals surface area (Å²) in [6.07, 6.45) is 0. The predicted molar refractivity (Wildman–Crippen MR) is 84.8 cm³/mol. The molecule has 0 spiro atoms. The van der Waals surface area contributed by atoms with Gasteiger partial charge in [0.25, 0.3) is 0 Å². The van der Waals surface area contributed by atoms with Crippen LogP contribution in [0.5, 0.6) is 5.75 Å². The fraction of sp³-hybridized carbons (Fsp3) is 0.333. The number of ether oxygens (including phenoxy) is 1. The Bertz CT molecular complexity index is 573. The number of hydrogen-bond donors (Lipinski definition) is 1. The summed E-state index contributed by atoms with van der Waals surface area (Å²) in [5.74, 6) is 0.316. The van der Waals surface area contributed by atoms with Crippen LogP contribution in [-0.2, 0) is 6.61 Å². The number of rotatable bonds is 6. The summed E-state index contributed by atoms with van der Waals surface area (Å²) in [5.41, 5.74) is 0.663. The van der Waals surface area contributed by atoms with Gasteiger partial charge in [0, 0.05) is 22.1 Å². The maximum absolute atomic E-state index is 14.0. The Morgan fingerprint density at radius 3 is 2.80 bits per heavy atom. The fourth-order valence-electron chi connectivity index (χ4n) is 1.94. The number of halogens is 2. The van der Waals surface area contributed by atoms with Crippen molar-refractivity contribution in [1.29, 1.82) is 0 Å². The molecule has 0 aliphatic carbocycles. The van der Waals surface area contributed by atoms with Crippen LogP contribution in [0.15, 0.2) is 34.1 Å². The molecule has 0 saturated heterocycles. The summed E-state index contributed by atoms with van der Waals surface area (Å²) in [4.78, 5) is 1.09. The van der Waals surface area contributed by atoms with Crippen LogP contribution in [0.1, 0.15) is 30.3 Å². The van der Waals surface area contributed by atoms with Gasteiger partial charge in [0.05, 0.1) is 4.88 Å². The molecule has 1 heterocycles. The molecule has 0 radical (unpaired) electrons. The lowest BCUT2D eigenvalue weighted by atomic mass is 10.1. The zero-order valence-corrected chi connectivity index (χ0v) is 13.9. The molecule has 2 rings (SSSR count). The van der Waals surface area contributed by atoms with Crippen LogP contribution in [-0.4, -0.2) is 6.54 Å². The van der Waals surface area contributed by atoms with Crippen LogP contribution in [0, 0.1) is 5.82 Å². The van der Waals surface area contributed by atoms with Gasteiger partial charge in [0.1, 0.15) is 18.2 Å². The fourth-order valence-corrected chi connectivity index (χ4v) is 3.32. The minimum atomic E-state index is -0.235. The molecule has 0 aliphatic heterocycles. The molecule has 1 unspecified atom stereocenters. The van der Waals surface area contributed by atoms with E-state index in [0.29, 0.717) is 17.9 Å². The smallest absolute Gasteiger partial charge is 0.131 e. The molecular weight excluding hydrogens is 341 g/mol. The van der Waals surface area contributed by atoms with Crippen molar-refractivity contribution in [2.75, 3.05) is 6.54 Å². The van der Waals surface area contributed by atoms with Crippen molar-refractivity contribution in [2.24, 2.45) is 0 Å². The van der Waals surface area contributed by atoms with E-state index in [9.17, 15) is 4.39 Å². The lowest BCUT2D eigenvalue weighted by Crippen LogP contribution is -2.18. The van der Waals surface area contributed by atoms with Crippen molar-refractivity contribution in [2.45, 2.75) is 26.5 Å². The van der Waals surface area contributed by atoms with Gasteiger partial charge >= 0.3 is 0 Å². The highest BCUT2D eigenvalue weighted by Gasteiger charge is 2.11. The third-order valence-corrected chi connectivity index (χ3v) is 4.91. The lowest BCUT2D eigenvalue weighted by molar-refractivity contribution is 0.307. The van der Waals surface area contributed by atoms with Crippen molar-refractivity contribution in [3.8, 4) is 5.75 Å². The van der Waals surface area contributed by atoms with Crippen molar-refractivity contribution in [3.63, 3.8) is 0 Å². The summed E-state index contributed by atoms with van der Waals surface area (Å²) in [7, 11) is 0. The van der Waals surface area contributed by atoms with Crippen LogP contribution in [0.25, 0.3) is 0 Å². The van der Waals surface area contributed by atoms with Gasteiger partial charge in [-0.15, -0.1) is 11.3 Å². The summed E-state index contributed by atoms with van der Waals surface area (Å²) in [6, 6.07) is 7.02. The molecule has 0 fully saturated rings. The second-order valence-corrected chi connectivity index (χ2v) is 6.30. The van der Waals surface area contributed by atoms with Gasteiger partial charge in [-0.3, -0.25) is 0 Å². The van der Waals surface area contributed by atoms with Crippen LogP contribution >= 0.6 is 27.3 Å². The number of hydrogen-bond acceptors (Lipinski definition) is 3. The first-order valence-electron chi connectivity index (χ1n) is 6.49. The Hall–Kier alpha value is -0.910. The Balaban J connectivity index is 2.03. The number of thiophene rings is 1. The normalized spacial score (nSPS) is 12.4. The minimum absolute atomic E-state index is 0.000454. The molecule has 1 atom stereocenters. The average Bonchev–Trinajstić information content (AvgIpc) is 2.82. The molecule has 1 N–H and O–H groups in total. The molecule has 1 aromatic heterocycles. The van der Waals surface area contributed by atoms with Crippen molar-refractivity contribution < 1.29 is 9.13 Å². The van der Waals surface area contributed by atoms with E-state index < -0.39 is 0 Å². The molecule has 0 aliphatic rings. The Morgan fingerprint density at radius 1 is 1.40 bits per heavy atom. The van der Waals surface area contributed by atoms with E-state index in [4.69, 9.17) is 4.74 Å². The predicted octanol–water partition coefficient (Wildman–Crippen LogP) is 4.90. The highest BCUT2D eigenvalue weighted by atomic mass is 79.9. The van der Waals surface area contributed by atoms with E-state index >= 15 is 0 Å². The quantitative estimate of drug-likeness (QED) is 0.793. The van der Waals surface area contributed by atoms with E-state index in [-0.39, 0.29) is 11.9 Å². The second kappa shape index (κ2) is 7.20. The molecule has 0 amide bonds. The summed E-state index contributed by atoms with van der Waals surface area (Å²) in [5, 5.41) is 5.19. The lowest BCUT2D eigenvalue weighted by Gasteiger charge is -2.14. The van der Waals surface area contributed by atoms with Gasteiger partial charge in [-0.25, -0.2) is 4.39 Å². The Morgan fingerprint density at radius 2 is 2.20 bits per heavy atom. The van der Waals surface area contributed by atoms with Crippen molar-refractivity contribution in [1.82, 2.24) is 5.32 Å². The van der Waals surface area contributed by atoms with Crippen LogP contribution < -0.4 is 10.1 Å². The first-order valence-corrected chi connectivity index (χ1v) is 8.16. The Labute approximate surface area is 131 Å². The second-order valence-electron chi connectivity index (χ2n) is 4.44. The monoisotopic (exact) mass is 357 g/mol. The molecule has 20 heavy (non-hydrogen) atoms. The van der Waals surface area contributed by atoms with Crippen LogP contribution in [0.2, 0.25) is 0 Å². The molecule has 1 aromatic carbocycles. The molecule has 0 saturated carbocycles. The maximum atomic E-state index is 14.0. The van der Waals surface area contributed by atoms with E-state index in [1.165, 1.54) is 6.07 Å². The van der Waals surface area contributed by atoms with Gasteiger partial charge in [-0.2, -0.15) is 0 Å². The van der Waals surface area contributed by atoms with Crippen LogP contribution in [0.3, 0.4) is 0 Å². The zero-order chi connectivity index (χ0) is 14.5. The van der Waals surface area contributed by atoms with Gasteiger partial charge in [0.2, 0.25) is 0 Å². The maximum Gasteiger partial charge on any atom is 0.131 e. The topological polar surface area (TPSA) is 21.3 Å². The van der Waals surface area contributed by atoms with Crippen molar-refractivity contribution >= 4 is 27.3 Å².